The zero-order valence-corrected chi connectivity index (χ0v) is 14.3. The number of para-hydroxylation sites is 1. The zero-order valence-electron chi connectivity index (χ0n) is 14.3. The van der Waals surface area contributed by atoms with Crippen molar-refractivity contribution >= 4 is 5.69 Å². The number of benzene rings is 1. The zero-order chi connectivity index (χ0) is 16.1. The van der Waals surface area contributed by atoms with Crippen molar-refractivity contribution in [2.24, 2.45) is 0 Å². The number of nitrogens with zero attached hydrogens (tertiary/aromatic N) is 2. The van der Waals surface area contributed by atoms with E-state index in [9.17, 15) is 0 Å². The van der Waals surface area contributed by atoms with E-state index in [4.69, 9.17) is 9.47 Å². The Kier molecular flexibility index (Phi) is 5.54. The Balaban J connectivity index is 1.42. The van der Waals surface area contributed by atoms with Gasteiger partial charge in [-0.3, -0.25) is 4.90 Å². The number of anilines is 1. The number of rotatable bonds is 6. The third kappa shape index (κ3) is 4.91. The summed E-state index contributed by atoms with van der Waals surface area (Å²) in [5, 5.41) is 3.59. The molecule has 1 N–H and O–H groups in total. The Hall–Kier alpha value is -1.14. The van der Waals surface area contributed by atoms with Crippen LogP contribution in [0.3, 0.4) is 0 Å². The molecule has 1 aromatic rings. The van der Waals surface area contributed by atoms with E-state index < -0.39 is 0 Å². The maximum Gasteiger partial charge on any atom is 0.170 e. The second-order valence-corrected chi connectivity index (χ2v) is 7.03. The summed E-state index contributed by atoms with van der Waals surface area (Å²) in [4.78, 5) is 5.01. The van der Waals surface area contributed by atoms with E-state index in [0.717, 1.165) is 39.3 Å². The summed E-state index contributed by atoms with van der Waals surface area (Å²) in [6.07, 6.45) is -0.0794. The Morgan fingerprint density at radius 3 is 2.35 bits per heavy atom. The van der Waals surface area contributed by atoms with Crippen LogP contribution in [0.2, 0.25) is 0 Å². The molecule has 2 aliphatic rings. The summed E-state index contributed by atoms with van der Waals surface area (Å²) in [5.41, 5.74) is 1.39. The van der Waals surface area contributed by atoms with Gasteiger partial charge in [-0.2, -0.15) is 0 Å². The second kappa shape index (κ2) is 7.62. The largest absolute Gasteiger partial charge is 0.369 e. The van der Waals surface area contributed by atoms with Crippen LogP contribution in [0.4, 0.5) is 5.69 Å². The highest BCUT2D eigenvalue weighted by atomic mass is 16.7. The minimum atomic E-state index is -0.0794. The lowest BCUT2D eigenvalue weighted by molar-refractivity contribution is -0.0438. The van der Waals surface area contributed by atoms with Crippen molar-refractivity contribution in [3.63, 3.8) is 0 Å². The Morgan fingerprint density at radius 1 is 1.04 bits per heavy atom. The molecule has 0 spiro atoms. The number of hydrogen-bond donors (Lipinski definition) is 1. The molecule has 0 aromatic heterocycles. The number of ether oxygens (including phenoxy) is 2. The average Bonchev–Trinajstić information content (AvgIpc) is 3.08. The Bertz CT molecular complexity index is 466. The molecule has 0 bridgehead atoms. The van der Waals surface area contributed by atoms with Crippen LogP contribution >= 0.6 is 0 Å². The molecule has 0 radical (unpaired) electrons. The first-order valence-electron chi connectivity index (χ1n) is 8.63. The molecule has 2 fully saturated rings. The standard InChI is InChI=1S/C18H29N3O2/c1-18(2,19-14-17-22-12-13-23-17)15-20-8-10-21(11-9-20)16-6-4-3-5-7-16/h3-7,17,19H,8-15H2,1-2H3. The molecule has 1 aromatic carbocycles. The maximum atomic E-state index is 5.50. The van der Waals surface area contributed by atoms with E-state index in [1.54, 1.807) is 0 Å². The van der Waals surface area contributed by atoms with Gasteiger partial charge in [0.2, 0.25) is 0 Å². The molecule has 0 atom stereocenters. The summed E-state index contributed by atoms with van der Waals surface area (Å²) in [7, 11) is 0. The van der Waals surface area contributed by atoms with Gasteiger partial charge in [-0.15, -0.1) is 0 Å². The van der Waals surface area contributed by atoms with Crippen molar-refractivity contribution in [2.45, 2.75) is 25.7 Å². The monoisotopic (exact) mass is 319 g/mol. The third-order valence-electron chi connectivity index (χ3n) is 4.55. The first-order chi connectivity index (χ1) is 11.1. The van der Waals surface area contributed by atoms with Crippen molar-refractivity contribution in [3.05, 3.63) is 30.3 Å². The first-order valence-corrected chi connectivity index (χ1v) is 8.63. The molecule has 0 aliphatic carbocycles. The molecule has 0 saturated carbocycles. The fourth-order valence-electron chi connectivity index (χ4n) is 3.30. The lowest BCUT2D eigenvalue weighted by Crippen LogP contribution is -2.55. The number of hydrogen-bond acceptors (Lipinski definition) is 5. The predicted molar refractivity (Wildman–Crippen MR) is 92.9 cm³/mol. The van der Waals surface area contributed by atoms with Gasteiger partial charge in [0, 0.05) is 50.5 Å². The predicted octanol–water partition coefficient (Wildman–Crippen LogP) is 1.55. The summed E-state index contributed by atoms with van der Waals surface area (Å²) < 4.78 is 11.0. The van der Waals surface area contributed by atoms with E-state index in [1.807, 2.05) is 0 Å². The normalized spacial score (nSPS) is 21.0. The summed E-state index contributed by atoms with van der Waals surface area (Å²) in [5.74, 6) is 0. The van der Waals surface area contributed by atoms with E-state index in [0.29, 0.717) is 13.2 Å². The molecule has 128 valence electrons. The third-order valence-corrected chi connectivity index (χ3v) is 4.55. The van der Waals surface area contributed by atoms with E-state index in [2.05, 4.69) is 59.3 Å². The van der Waals surface area contributed by atoms with Crippen molar-refractivity contribution in [2.75, 3.05) is 57.4 Å². The van der Waals surface area contributed by atoms with Gasteiger partial charge in [0.1, 0.15) is 0 Å². The summed E-state index contributed by atoms with van der Waals surface area (Å²) in [6.45, 7) is 12.1. The molecule has 0 amide bonds. The molecule has 2 aliphatic heterocycles. The van der Waals surface area contributed by atoms with Crippen LogP contribution < -0.4 is 10.2 Å². The molecular formula is C18H29N3O2. The van der Waals surface area contributed by atoms with Gasteiger partial charge in [-0.1, -0.05) is 18.2 Å². The molecule has 5 nitrogen and oxygen atoms in total. The molecule has 2 heterocycles. The first kappa shape index (κ1) is 16.7. The molecule has 3 rings (SSSR count). The van der Waals surface area contributed by atoms with Crippen molar-refractivity contribution in [1.29, 1.82) is 0 Å². The van der Waals surface area contributed by atoms with E-state index >= 15 is 0 Å². The maximum absolute atomic E-state index is 5.50. The fraction of sp³-hybridized carbons (Fsp3) is 0.667. The fourth-order valence-corrected chi connectivity index (χ4v) is 3.30. The number of nitrogens with one attached hydrogen (secondary N) is 1. The molecular weight excluding hydrogens is 290 g/mol. The van der Waals surface area contributed by atoms with E-state index in [-0.39, 0.29) is 11.8 Å². The van der Waals surface area contributed by atoms with Crippen molar-refractivity contribution in [1.82, 2.24) is 10.2 Å². The van der Waals surface area contributed by atoms with Crippen molar-refractivity contribution in [3.8, 4) is 0 Å². The second-order valence-electron chi connectivity index (χ2n) is 7.03. The Morgan fingerprint density at radius 2 is 1.70 bits per heavy atom. The lowest BCUT2D eigenvalue weighted by Gasteiger charge is -2.40. The van der Waals surface area contributed by atoms with Crippen LogP contribution in [0, 0.1) is 0 Å². The highest BCUT2D eigenvalue weighted by Gasteiger charge is 2.26. The van der Waals surface area contributed by atoms with Gasteiger partial charge in [-0.05, 0) is 26.0 Å². The van der Waals surface area contributed by atoms with E-state index in [1.165, 1.54) is 5.69 Å². The molecule has 23 heavy (non-hydrogen) atoms. The van der Waals surface area contributed by atoms with Gasteiger partial charge in [0.25, 0.3) is 0 Å². The molecule has 5 heteroatoms. The van der Waals surface area contributed by atoms with Gasteiger partial charge in [0.05, 0.1) is 13.2 Å². The van der Waals surface area contributed by atoms with Crippen LogP contribution in [-0.4, -0.2) is 69.2 Å². The highest BCUT2D eigenvalue weighted by Crippen LogP contribution is 2.17. The van der Waals surface area contributed by atoms with Gasteiger partial charge < -0.3 is 19.7 Å². The average molecular weight is 319 g/mol. The summed E-state index contributed by atoms with van der Waals surface area (Å²) in [6, 6.07) is 10.7. The van der Waals surface area contributed by atoms with Crippen LogP contribution in [0.1, 0.15) is 13.8 Å². The van der Waals surface area contributed by atoms with Crippen LogP contribution in [-0.2, 0) is 9.47 Å². The molecule has 2 saturated heterocycles. The summed E-state index contributed by atoms with van der Waals surface area (Å²) >= 11 is 0. The van der Waals surface area contributed by atoms with Crippen molar-refractivity contribution < 1.29 is 9.47 Å². The smallest absolute Gasteiger partial charge is 0.170 e. The number of piperazine rings is 1. The van der Waals surface area contributed by atoms with Crippen LogP contribution in [0.5, 0.6) is 0 Å². The minimum Gasteiger partial charge on any atom is -0.369 e. The van der Waals surface area contributed by atoms with Crippen LogP contribution in [0.15, 0.2) is 30.3 Å². The highest BCUT2D eigenvalue weighted by molar-refractivity contribution is 5.46. The van der Waals surface area contributed by atoms with Gasteiger partial charge in [0.15, 0.2) is 6.29 Å². The molecule has 0 unspecified atom stereocenters. The van der Waals surface area contributed by atoms with Crippen LogP contribution in [0.25, 0.3) is 0 Å². The minimum absolute atomic E-state index is 0.0597. The quantitative estimate of drug-likeness (QED) is 0.861. The topological polar surface area (TPSA) is 37.0 Å². The Labute approximate surface area is 139 Å². The van der Waals surface area contributed by atoms with Gasteiger partial charge in [-0.25, -0.2) is 0 Å². The SMILES string of the molecule is CC(C)(CN1CCN(c2ccccc2)CC1)NCC1OCCO1. The van der Waals surface area contributed by atoms with Gasteiger partial charge >= 0.3 is 0 Å². The lowest BCUT2D eigenvalue weighted by atomic mass is 10.0.